The maximum atomic E-state index is 13.8. The molecule has 2 aromatic heterocycles. The number of nitrogens with zero attached hydrogens (tertiary/aromatic N) is 3. The fraction of sp³-hybridized carbons (Fsp3) is 0.240. The second-order valence-corrected chi connectivity index (χ2v) is 9.04. The number of pyridine rings is 1. The van der Waals surface area contributed by atoms with Crippen molar-refractivity contribution in [1.29, 1.82) is 0 Å². The first-order valence-corrected chi connectivity index (χ1v) is 11.9. The van der Waals surface area contributed by atoms with E-state index in [4.69, 9.17) is 9.47 Å². The van der Waals surface area contributed by atoms with Crippen LogP contribution in [0.15, 0.2) is 70.7 Å². The molecule has 0 spiro atoms. The van der Waals surface area contributed by atoms with Crippen LogP contribution in [0.3, 0.4) is 0 Å². The molecule has 0 radical (unpaired) electrons. The summed E-state index contributed by atoms with van der Waals surface area (Å²) in [5.74, 6) is 0.775. The van der Waals surface area contributed by atoms with Gasteiger partial charge in [0.1, 0.15) is 24.1 Å². The van der Waals surface area contributed by atoms with E-state index in [0.717, 1.165) is 9.46 Å². The van der Waals surface area contributed by atoms with Crippen molar-refractivity contribution in [2.24, 2.45) is 0 Å². The molecular weight excluding hydrogens is 474 g/mol. The highest BCUT2D eigenvalue weighted by molar-refractivity contribution is 7.99. The number of alkyl halides is 2. The number of nitrogens with one attached hydrogen (secondary N) is 1. The Morgan fingerprint density at radius 1 is 1.11 bits per heavy atom. The lowest BCUT2D eigenvalue weighted by Crippen LogP contribution is -2.29. The zero-order valence-electron chi connectivity index (χ0n) is 18.8. The summed E-state index contributed by atoms with van der Waals surface area (Å²) < 4.78 is 39.7. The summed E-state index contributed by atoms with van der Waals surface area (Å²) in [6.45, 7) is 0.154. The molecule has 0 saturated heterocycles. The van der Waals surface area contributed by atoms with E-state index < -0.39 is 12.5 Å². The number of hydrogen-bond donors (Lipinski definition) is 1. The minimum absolute atomic E-state index is 0.137. The van der Waals surface area contributed by atoms with Gasteiger partial charge in [-0.3, -0.25) is 9.36 Å². The van der Waals surface area contributed by atoms with Gasteiger partial charge < -0.3 is 14.8 Å². The lowest BCUT2D eigenvalue weighted by molar-refractivity contribution is 0.0703. The van der Waals surface area contributed by atoms with Crippen molar-refractivity contribution in [3.8, 4) is 11.5 Å². The predicted octanol–water partition coefficient (Wildman–Crippen LogP) is 5.28. The molecule has 3 heterocycles. The minimum Gasteiger partial charge on any atom is -0.486 e. The number of para-hydroxylation sites is 2. The number of carbonyl (C=O) groups excluding carboxylic acids is 1. The molecule has 1 N–H and O–H groups in total. The lowest BCUT2D eigenvalue weighted by atomic mass is 10.1. The Morgan fingerprint density at radius 2 is 1.91 bits per heavy atom. The van der Waals surface area contributed by atoms with Crippen molar-refractivity contribution in [2.45, 2.75) is 29.3 Å². The number of aromatic nitrogens is 3. The molecule has 1 aliphatic rings. The van der Waals surface area contributed by atoms with Gasteiger partial charge in [-0.2, -0.15) is 8.78 Å². The van der Waals surface area contributed by atoms with E-state index >= 15 is 0 Å². The van der Waals surface area contributed by atoms with E-state index in [1.807, 2.05) is 18.2 Å². The lowest BCUT2D eigenvalue weighted by Gasteiger charge is -2.19. The molecule has 180 valence electrons. The molecule has 35 heavy (non-hydrogen) atoms. The van der Waals surface area contributed by atoms with Crippen molar-refractivity contribution in [3.05, 3.63) is 72.2 Å². The summed E-state index contributed by atoms with van der Waals surface area (Å²) >= 11 is 1.33. The zero-order chi connectivity index (χ0) is 24.4. The number of fused-ring (bicyclic) bond motifs is 2. The number of halogens is 2. The van der Waals surface area contributed by atoms with Gasteiger partial charge in [0.15, 0.2) is 11.5 Å². The summed E-state index contributed by atoms with van der Waals surface area (Å²) in [6, 6.07) is 15.7. The van der Waals surface area contributed by atoms with Gasteiger partial charge in [0.05, 0.1) is 16.6 Å². The standard InChI is InChI=1S/C25H22F2N4O3S/c1-15(22-30-18-6-2-3-7-19(18)31(22)25(26)27)14-29-23(32)17-5-4-10-28-24(17)35-16-8-9-20-21(13-16)34-12-11-33-20/h2-10,13,15,25H,11-12,14H2,1H3,(H,29,32)/t15-/m0/s1. The number of imidazole rings is 1. The zero-order valence-corrected chi connectivity index (χ0v) is 19.6. The average molecular weight is 497 g/mol. The highest BCUT2D eigenvalue weighted by Crippen LogP contribution is 2.37. The van der Waals surface area contributed by atoms with Crippen LogP contribution < -0.4 is 14.8 Å². The Labute approximate surface area is 204 Å². The molecule has 7 nitrogen and oxygen atoms in total. The normalized spacial score (nSPS) is 13.7. The van der Waals surface area contributed by atoms with Crippen LogP contribution >= 0.6 is 11.8 Å². The third kappa shape index (κ3) is 4.79. The van der Waals surface area contributed by atoms with Gasteiger partial charge in [0.25, 0.3) is 5.91 Å². The first-order valence-electron chi connectivity index (χ1n) is 11.1. The summed E-state index contributed by atoms with van der Waals surface area (Å²) in [6.07, 6.45) is 1.62. The first-order chi connectivity index (χ1) is 17.0. The number of carbonyl (C=O) groups is 1. The van der Waals surface area contributed by atoms with Gasteiger partial charge in [-0.15, -0.1) is 0 Å². The monoisotopic (exact) mass is 496 g/mol. The average Bonchev–Trinajstić information content (AvgIpc) is 3.27. The SMILES string of the molecule is C[C@@H](CNC(=O)c1cccnc1Sc1ccc2c(c1)OCCO2)c1nc2ccccc2n1C(F)F. The molecule has 4 aromatic rings. The molecule has 0 fully saturated rings. The first kappa shape index (κ1) is 23.1. The number of benzene rings is 2. The Hall–Kier alpha value is -3.66. The molecule has 0 bridgehead atoms. The highest BCUT2D eigenvalue weighted by atomic mass is 32.2. The Balaban J connectivity index is 1.32. The van der Waals surface area contributed by atoms with Crippen molar-refractivity contribution in [2.75, 3.05) is 19.8 Å². The number of hydrogen-bond acceptors (Lipinski definition) is 6. The van der Waals surface area contributed by atoms with Crippen molar-refractivity contribution < 1.29 is 23.0 Å². The van der Waals surface area contributed by atoms with E-state index in [9.17, 15) is 13.6 Å². The largest absolute Gasteiger partial charge is 0.486 e. The maximum Gasteiger partial charge on any atom is 0.320 e. The van der Waals surface area contributed by atoms with E-state index in [-0.39, 0.29) is 18.3 Å². The summed E-state index contributed by atoms with van der Waals surface area (Å²) in [5, 5.41) is 3.37. The van der Waals surface area contributed by atoms with Gasteiger partial charge in [-0.1, -0.05) is 30.8 Å². The fourth-order valence-corrected chi connectivity index (χ4v) is 4.80. The third-order valence-corrected chi connectivity index (χ3v) is 6.58. The quantitative estimate of drug-likeness (QED) is 0.375. The topological polar surface area (TPSA) is 78.3 Å². The fourth-order valence-electron chi connectivity index (χ4n) is 3.89. The molecule has 0 aliphatic carbocycles. The van der Waals surface area contributed by atoms with Gasteiger partial charge in [-0.25, -0.2) is 9.97 Å². The number of amides is 1. The molecule has 0 saturated carbocycles. The second-order valence-electron chi connectivity index (χ2n) is 7.98. The van der Waals surface area contributed by atoms with Gasteiger partial charge in [-0.05, 0) is 42.5 Å². The van der Waals surface area contributed by atoms with Crippen LogP contribution in [0, 0.1) is 0 Å². The van der Waals surface area contributed by atoms with Crippen molar-refractivity contribution in [3.63, 3.8) is 0 Å². The van der Waals surface area contributed by atoms with Gasteiger partial charge >= 0.3 is 6.55 Å². The van der Waals surface area contributed by atoms with Crippen molar-refractivity contribution >= 4 is 28.7 Å². The smallest absolute Gasteiger partial charge is 0.320 e. The molecule has 0 unspecified atom stereocenters. The van der Waals surface area contributed by atoms with Crippen LogP contribution in [0.5, 0.6) is 11.5 Å². The molecule has 1 atom stereocenters. The third-order valence-electron chi connectivity index (χ3n) is 5.57. The second kappa shape index (κ2) is 9.91. The highest BCUT2D eigenvalue weighted by Gasteiger charge is 2.23. The number of ether oxygens (including phenoxy) is 2. The minimum atomic E-state index is -2.73. The predicted molar refractivity (Wildman–Crippen MR) is 128 cm³/mol. The maximum absolute atomic E-state index is 13.8. The van der Waals surface area contributed by atoms with Crippen molar-refractivity contribution in [1.82, 2.24) is 19.9 Å². The Morgan fingerprint density at radius 3 is 2.74 bits per heavy atom. The van der Waals surface area contributed by atoms with Crippen LogP contribution in [0.2, 0.25) is 0 Å². The van der Waals surface area contributed by atoms with Crippen LogP contribution in [0.1, 0.15) is 35.6 Å². The van der Waals surface area contributed by atoms with E-state index in [0.29, 0.717) is 46.3 Å². The van der Waals surface area contributed by atoms with Crippen LogP contribution in [0.25, 0.3) is 11.0 Å². The Kier molecular flexibility index (Phi) is 6.54. The van der Waals surface area contributed by atoms with Gasteiger partial charge in [0.2, 0.25) is 0 Å². The summed E-state index contributed by atoms with van der Waals surface area (Å²) in [4.78, 5) is 22.6. The van der Waals surface area contributed by atoms with E-state index in [1.165, 1.54) is 11.8 Å². The molecule has 10 heteroatoms. The Bertz CT molecular complexity index is 1380. The summed E-state index contributed by atoms with van der Waals surface area (Å²) in [7, 11) is 0. The summed E-state index contributed by atoms with van der Waals surface area (Å²) in [5.41, 5.74) is 1.24. The van der Waals surface area contributed by atoms with E-state index in [1.54, 1.807) is 49.5 Å². The molecule has 5 rings (SSSR count). The van der Waals surface area contributed by atoms with Crippen LogP contribution in [-0.2, 0) is 0 Å². The number of rotatable bonds is 7. The molecular formula is C25H22F2N4O3S. The van der Waals surface area contributed by atoms with Gasteiger partial charge in [0, 0.05) is 23.6 Å². The van der Waals surface area contributed by atoms with Crippen LogP contribution in [-0.4, -0.2) is 40.2 Å². The molecule has 1 amide bonds. The molecule has 1 aliphatic heterocycles. The van der Waals surface area contributed by atoms with E-state index in [2.05, 4.69) is 15.3 Å². The molecule has 2 aromatic carbocycles. The van der Waals surface area contributed by atoms with Crippen LogP contribution in [0.4, 0.5) is 8.78 Å².